The van der Waals surface area contributed by atoms with Crippen LogP contribution in [-0.4, -0.2) is 57.8 Å². The summed E-state index contributed by atoms with van der Waals surface area (Å²) in [6, 6.07) is 59.6. The van der Waals surface area contributed by atoms with Gasteiger partial charge in [0, 0.05) is 103 Å². The molecule has 8 nitrogen and oxygen atoms in total. The summed E-state index contributed by atoms with van der Waals surface area (Å²) in [6.45, 7) is 4.60. The number of carbonyl (C=O) groups is 2. The number of anilines is 2. The number of piperidine rings is 2. The second-order valence-electron chi connectivity index (χ2n) is 18.2. The van der Waals surface area contributed by atoms with Crippen LogP contribution in [0.15, 0.2) is 170 Å². The predicted octanol–water partition coefficient (Wildman–Crippen LogP) is 11.2. The number of aromatic nitrogens is 2. The van der Waals surface area contributed by atoms with Gasteiger partial charge in [-0.15, -0.1) is 0 Å². The van der Waals surface area contributed by atoms with E-state index in [1.54, 1.807) is 0 Å². The number of hydrogen-bond donors (Lipinski definition) is 1. The molecule has 4 aliphatic heterocycles. The molecule has 0 bridgehead atoms. The van der Waals surface area contributed by atoms with Crippen molar-refractivity contribution in [3.8, 4) is 0 Å². The van der Waals surface area contributed by atoms with E-state index in [-0.39, 0.29) is 48.1 Å². The highest BCUT2D eigenvalue weighted by atomic mass is 16.2. The molecule has 6 unspecified atom stereocenters. The normalized spacial score (nSPS) is 22.8. The van der Waals surface area contributed by atoms with Gasteiger partial charge >= 0.3 is 0 Å². The molecule has 0 aliphatic carbocycles. The van der Waals surface area contributed by atoms with E-state index in [1.807, 2.05) is 46.2 Å². The third-order valence-corrected chi connectivity index (χ3v) is 15.1. The molecule has 7 aromatic carbocycles. The van der Waals surface area contributed by atoms with Crippen molar-refractivity contribution in [1.29, 1.82) is 0 Å². The van der Waals surface area contributed by atoms with Crippen molar-refractivity contribution in [2.75, 3.05) is 29.4 Å². The van der Waals surface area contributed by atoms with Crippen molar-refractivity contribution >= 4 is 66.8 Å². The van der Waals surface area contributed by atoms with Gasteiger partial charge in [-0.3, -0.25) is 29.6 Å². The molecule has 6 atom stereocenters. The van der Waals surface area contributed by atoms with Crippen molar-refractivity contribution in [3.05, 3.63) is 192 Å². The number of amides is 2. The first-order chi connectivity index (χ1) is 31.6. The molecule has 13 rings (SSSR count). The first-order valence-electron chi connectivity index (χ1n) is 22.9. The Morgan fingerprint density at radius 3 is 1.45 bits per heavy atom. The van der Waals surface area contributed by atoms with Crippen LogP contribution in [0.25, 0.3) is 43.6 Å². The van der Waals surface area contributed by atoms with E-state index in [2.05, 4.69) is 160 Å². The molecule has 4 aliphatic rings. The minimum atomic E-state index is -0.175. The average molecular weight is 837 g/mol. The maximum Gasteiger partial charge on any atom is 0.259 e. The number of likely N-dealkylation sites (N-methyl/N-ethyl adjacent to an activating group) is 1. The Hall–Kier alpha value is -7.00. The minimum Gasteiger partial charge on any atom is -0.336 e. The lowest BCUT2D eigenvalue weighted by Crippen LogP contribution is -2.55. The van der Waals surface area contributed by atoms with Crippen LogP contribution in [0.5, 0.6) is 0 Å². The fourth-order valence-electron chi connectivity index (χ4n) is 12.5. The number of carbonyl (C=O) groups excluding carboxylic acids is 2. The van der Waals surface area contributed by atoms with E-state index in [0.717, 1.165) is 43.9 Å². The number of likely N-dealkylation sites (tertiary alicyclic amines) is 1. The molecule has 2 amide bonds. The van der Waals surface area contributed by atoms with Crippen molar-refractivity contribution < 1.29 is 9.59 Å². The molecule has 2 fully saturated rings. The summed E-state index contributed by atoms with van der Waals surface area (Å²) in [6.07, 6.45) is 1.54. The third kappa shape index (κ3) is 5.42. The molecule has 314 valence electrons. The molecule has 2 aromatic heterocycles. The van der Waals surface area contributed by atoms with E-state index < -0.39 is 0 Å². The van der Waals surface area contributed by atoms with Crippen LogP contribution < -0.4 is 15.1 Å². The number of hydrogen-bond acceptors (Lipinski definition) is 4. The Balaban J connectivity index is 0.789. The lowest BCUT2D eigenvalue weighted by Gasteiger charge is -2.45. The van der Waals surface area contributed by atoms with Crippen molar-refractivity contribution in [1.82, 2.24) is 19.4 Å². The summed E-state index contributed by atoms with van der Waals surface area (Å²) in [5.74, 6) is 0.160. The lowest BCUT2D eigenvalue weighted by atomic mass is 9.87. The fraction of sp³-hybridized carbons (Fsp3) is 0.214. The average Bonchev–Trinajstić information content (AvgIpc) is 4.08. The van der Waals surface area contributed by atoms with E-state index in [9.17, 15) is 9.59 Å². The van der Waals surface area contributed by atoms with Gasteiger partial charge in [-0.05, 0) is 91.2 Å². The van der Waals surface area contributed by atoms with Crippen LogP contribution in [0.4, 0.5) is 11.4 Å². The number of fused-ring (bicyclic) bond motifs is 12. The minimum absolute atomic E-state index is 0.0376. The quantitative estimate of drug-likeness (QED) is 0.188. The summed E-state index contributed by atoms with van der Waals surface area (Å²) in [7, 11) is 0. The molecular weight excluding hydrogens is 789 g/mol. The first-order valence-corrected chi connectivity index (χ1v) is 22.9. The highest BCUT2D eigenvalue weighted by molar-refractivity contribution is 6.12. The topological polar surface area (TPSA) is 65.8 Å². The summed E-state index contributed by atoms with van der Waals surface area (Å²) in [4.78, 5) is 36.2. The Labute approximate surface area is 371 Å². The number of nitrogens with one attached hydrogen (secondary N) is 1. The molecule has 2 saturated heterocycles. The summed E-state index contributed by atoms with van der Waals surface area (Å²) >= 11 is 0. The molecule has 0 radical (unpaired) electrons. The van der Waals surface area contributed by atoms with Crippen molar-refractivity contribution in [2.45, 2.75) is 56.0 Å². The third-order valence-electron chi connectivity index (χ3n) is 15.1. The van der Waals surface area contributed by atoms with Gasteiger partial charge < -0.3 is 9.13 Å². The number of benzene rings is 7. The second kappa shape index (κ2) is 14.5. The van der Waals surface area contributed by atoms with Gasteiger partial charge in [0.2, 0.25) is 0 Å². The zero-order chi connectivity index (χ0) is 42.6. The maximum atomic E-state index is 15.0. The molecule has 9 aromatic rings. The zero-order valence-corrected chi connectivity index (χ0v) is 35.7. The van der Waals surface area contributed by atoms with Gasteiger partial charge in [-0.25, -0.2) is 0 Å². The number of rotatable bonds is 5. The van der Waals surface area contributed by atoms with Gasteiger partial charge in [0.05, 0.1) is 12.3 Å². The van der Waals surface area contributed by atoms with E-state index >= 15 is 0 Å². The smallest absolute Gasteiger partial charge is 0.259 e. The highest BCUT2D eigenvalue weighted by Gasteiger charge is 2.49. The largest absolute Gasteiger partial charge is 0.336 e. The lowest BCUT2D eigenvalue weighted by molar-refractivity contribution is 0.0798. The standard InChI is InChI=1S/C56H48N6O2/c1-2-58-34-38(60-49-23-11-5-17-41(49)42-18-6-12-24-50(42)60)32-46-44-20-8-14-26-52(44)62(54(46)58)56(64)36-29-27-35(28-30-36)55(63)61-51-25-13-7-19-43(51)45-31-37(33-57-53(45)61)59-47-21-9-3-15-39(47)40-16-4-10-22-48(40)59/h3-30,37-38,45-46,53-54,57H,2,31-34H2,1H3. The van der Waals surface area contributed by atoms with Gasteiger partial charge in [-0.1, -0.05) is 116 Å². The Kier molecular flexibility index (Phi) is 8.52. The van der Waals surface area contributed by atoms with Gasteiger partial charge in [0.15, 0.2) is 0 Å². The van der Waals surface area contributed by atoms with Crippen LogP contribution in [0.2, 0.25) is 0 Å². The highest BCUT2D eigenvalue weighted by Crippen LogP contribution is 2.51. The van der Waals surface area contributed by atoms with Gasteiger partial charge in [0.1, 0.15) is 0 Å². The first kappa shape index (κ1) is 37.5. The number of nitrogens with zero attached hydrogens (tertiary/aromatic N) is 5. The summed E-state index contributed by atoms with van der Waals surface area (Å²) < 4.78 is 5.06. The Morgan fingerprint density at radius 2 is 0.922 bits per heavy atom. The van der Waals surface area contributed by atoms with Gasteiger partial charge in [-0.2, -0.15) is 0 Å². The maximum absolute atomic E-state index is 15.0. The molecule has 6 heterocycles. The molecule has 64 heavy (non-hydrogen) atoms. The van der Waals surface area contributed by atoms with E-state index in [0.29, 0.717) is 11.1 Å². The predicted molar refractivity (Wildman–Crippen MR) is 257 cm³/mol. The zero-order valence-electron chi connectivity index (χ0n) is 35.7. The molecule has 1 N–H and O–H groups in total. The van der Waals surface area contributed by atoms with Crippen molar-refractivity contribution in [2.24, 2.45) is 0 Å². The van der Waals surface area contributed by atoms with Crippen LogP contribution in [-0.2, 0) is 0 Å². The Bertz CT molecular complexity index is 3220. The molecule has 0 saturated carbocycles. The van der Waals surface area contributed by atoms with Crippen LogP contribution in [0, 0.1) is 0 Å². The van der Waals surface area contributed by atoms with E-state index in [4.69, 9.17) is 0 Å². The van der Waals surface area contributed by atoms with Crippen molar-refractivity contribution in [3.63, 3.8) is 0 Å². The van der Waals surface area contributed by atoms with Crippen LogP contribution in [0.3, 0.4) is 0 Å². The SMILES string of the molecule is CCN1CC(n2c3ccccc3c3ccccc32)CC2c3ccccc3N(C(=O)c3ccc(C(=O)N4c5ccccc5C5CC(n6c7ccccc7c7ccccc76)CNC54)cc3)C21. The van der Waals surface area contributed by atoms with Gasteiger partial charge in [0.25, 0.3) is 11.8 Å². The summed E-state index contributed by atoms with van der Waals surface area (Å²) in [5.41, 5.74) is 10.5. The molecule has 8 heteroatoms. The van der Waals surface area contributed by atoms with Crippen LogP contribution in [0.1, 0.15) is 75.5 Å². The monoisotopic (exact) mass is 836 g/mol. The number of para-hydroxylation sites is 6. The second-order valence-corrected chi connectivity index (χ2v) is 18.2. The summed E-state index contributed by atoms with van der Waals surface area (Å²) in [5, 5.41) is 8.95. The van der Waals surface area contributed by atoms with Crippen LogP contribution >= 0.6 is 0 Å². The molecule has 0 spiro atoms. The van der Waals surface area contributed by atoms with E-state index in [1.165, 1.54) is 54.7 Å². The Morgan fingerprint density at radius 1 is 0.500 bits per heavy atom. The fourth-order valence-corrected chi connectivity index (χ4v) is 12.5. The molecular formula is C56H48N6O2.